The Morgan fingerprint density at radius 3 is 2.80 bits per heavy atom. The molecule has 108 valence electrons. The molecule has 0 atom stereocenters. The Morgan fingerprint density at radius 1 is 1.50 bits per heavy atom. The summed E-state index contributed by atoms with van der Waals surface area (Å²) in [6, 6.07) is 7.10. The van der Waals surface area contributed by atoms with Gasteiger partial charge in [0.05, 0.1) is 11.2 Å². The highest BCUT2D eigenvalue weighted by molar-refractivity contribution is 5.76. The van der Waals surface area contributed by atoms with E-state index in [-0.39, 0.29) is 12.5 Å². The van der Waals surface area contributed by atoms with E-state index in [4.69, 9.17) is 15.7 Å². The molecule has 1 amide bonds. The van der Waals surface area contributed by atoms with Crippen LogP contribution in [-0.2, 0) is 4.79 Å². The first kappa shape index (κ1) is 15.8. The van der Waals surface area contributed by atoms with E-state index in [9.17, 15) is 4.79 Å². The predicted molar refractivity (Wildman–Crippen MR) is 78.2 cm³/mol. The number of amides is 1. The fourth-order valence-electron chi connectivity index (χ4n) is 1.75. The van der Waals surface area contributed by atoms with E-state index in [1.807, 2.05) is 26.8 Å². The van der Waals surface area contributed by atoms with Crippen molar-refractivity contribution in [2.45, 2.75) is 39.2 Å². The molecule has 0 aliphatic rings. The summed E-state index contributed by atoms with van der Waals surface area (Å²) in [4.78, 5) is 11.6. The van der Waals surface area contributed by atoms with E-state index >= 15 is 0 Å². The lowest BCUT2D eigenvalue weighted by Gasteiger charge is -2.26. The summed E-state index contributed by atoms with van der Waals surface area (Å²) in [7, 11) is 0. The number of nitrogens with zero attached hydrogens (tertiary/aromatic N) is 1. The van der Waals surface area contributed by atoms with Gasteiger partial charge in [0, 0.05) is 6.42 Å². The second-order valence-corrected chi connectivity index (χ2v) is 5.30. The highest BCUT2D eigenvalue weighted by Crippen LogP contribution is 2.24. The number of nitrogen functional groups attached to an aromatic ring is 1. The average Bonchev–Trinajstić information content (AvgIpc) is 2.36. The van der Waals surface area contributed by atoms with Crippen LogP contribution in [0, 0.1) is 11.3 Å². The molecule has 0 radical (unpaired) electrons. The molecule has 0 aliphatic heterocycles. The second-order valence-electron chi connectivity index (χ2n) is 5.30. The lowest BCUT2D eigenvalue weighted by molar-refractivity contribution is -0.123. The molecule has 20 heavy (non-hydrogen) atoms. The number of nitrogens with one attached hydrogen (secondary N) is 1. The Balaban J connectivity index is 2.69. The molecule has 0 heterocycles. The first-order valence-corrected chi connectivity index (χ1v) is 6.62. The number of nitriles is 1. The van der Waals surface area contributed by atoms with Crippen LogP contribution in [0.15, 0.2) is 18.2 Å². The van der Waals surface area contributed by atoms with Crippen molar-refractivity contribution in [3.63, 3.8) is 0 Å². The number of carbonyl (C=O) groups excluding carboxylic acids is 1. The summed E-state index contributed by atoms with van der Waals surface area (Å²) in [6.45, 7) is 5.97. The van der Waals surface area contributed by atoms with Gasteiger partial charge in [0.25, 0.3) is 0 Å². The van der Waals surface area contributed by atoms with Crippen molar-refractivity contribution in [1.82, 2.24) is 5.32 Å². The van der Waals surface area contributed by atoms with E-state index in [0.29, 0.717) is 23.4 Å². The van der Waals surface area contributed by atoms with Crippen LogP contribution in [0.25, 0.3) is 0 Å². The molecule has 0 aromatic heterocycles. The number of hydrogen-bond donors (Lipinski definition) is 2. The minimum absolute atomic E-state index is 0.00539. The van der Waals surface area contributed by atoms with Gasteiger partial charge < -0.3 is 15.8 Å². The molecule has 3 N–H and O–H groups in total. The number of ether oxygens (including phenoxy) is 1. The minimum atomic E-state index is -0.510. The van der Waals surface area contributed by atoms with Crippen molar-refractivity contribution in [3.05, 3.63) is 23.8 Å². The number of anilines is 1. The monoisotopic (exact) mass is 275 g/mol. The standard InChI is InChI=1S/C15H21N3O2/c1-4-6-14(19)18-15(2,3)10-20-13-8-5-7-12(17)11(13)9-16/h5,7-8H,4,6,10,17H2,1-3H3,(H,18,19). The van der Waals surface area contributed by atoms with E-state index in [2.05, 4.69) is 5.32 Å². The summed E-state index contributed by atoms with van der Waals surface area (Å²) in [6.07, 6.45) is 1.29. The van der Waals surface area contributed by atoms with Crippen LogP contribution in [0.5, 0.6) is 5.75 Å². The Hall–Kier alpha value is -2.22. The molecule has 0 spiro atoms. The molecular formula is C15H21N3O2. The maximum Gasteiger partial charge on any atom is 0.220 e. The number of nitrogens with two attached hydrogens (primary N) is 1. The number of hydrogen-bond acceptors (Lipinski definition) is 4. The Kier molecular flexibility index (Phi) is 5.39. The van der Waals surface area contributed by atoms with Crippen LogP contribution in [0.1, 0.15) is 39.2 Å². The zero-order valence-electron chi connectivity index (χ0n) is 12.2. The molecule has 1 rings (SSSR count). The molecule has 0 unspecified atom stereocenters. The van der Waals surface area contributed by atoms with E-state index < -0.39 is 5.54 Å². The van der Waals surface area contributed by atoms with Gasteiger partial charge in [-0.1, -0.05) is 13.0 Å². The topological polar surface area (TPSA) is 88.1 Å². The van der Waals surface area contributed by atoms with Gasteiger partial charge >= 0.3 is 0 Å². The van der Waals surface area contributed by atoms with Crippen molar-refractivity contribution >= 4 is 11.6 Å². The van der Waals surface area contributed by atoms with Crippen LogP contribution in [0.4, 0.5) is 5.69 Å². The van der Waals surface area contributed by atoms with Crippen LogP contribution >= 0.6 is 0 Å². The Labute approximate surface area is 119 Å². The van der Waals surface area contributed by atoms with Crippen molar-refractivity contribution in [2.24, 2.45) is 0 Å². The molecular weight excluding hydrogens is 254 g/mol. The third-order valence-electron chi connectivity index (χ3n) is 2.71. The Bertz CT molecular complexity index is 518. The lowest BCUT2D eigenvalue weighted by Crippen LogP contribution is -2.47. The number of benzene rings is 1. The van der Waals surface area contributed by atoms with Gasteiger partial charge in [-0.2, -0.15) is 5.26 Å². The predicted octanol–water partition coefficient (Wildman–Crippen LogP) is 2.21. The SMILES string of the molecule is CCCC(=O)NC(C)(C)COc1cccc(N)c1C#N. The fraction of sp³-hybridized carbons (Fsp3) is 0.467. The third kappa shape index (κ3) is 4.47. The largest absolute Gasteiger partial charge is 0.490 e. The van der Waals surface area contributed by atoms with Crippen molar-refractivity contribution in [2.75, 3.05) is 12.3 Å². The van der Waals surface area contributed by atoms with Crippen LogP contribution < -0.4 is 15.8 Å². The Morgan fingerprint density at radius 2 is 2.20 bits per heavy atom. The maximum absolute atomic E-state index is 11.6. The summed E-state index contributed by atoms with van der Waals surface area (Å²) >= 11 is 0. The lowest BCUT2D eigenvalue weighted by atomic mass is 10.1. The van der Waals surface area contributed by atoms with Gasteiger partial charge in [-0.05, 0) is 32.4 Å². The average molecular weight is 275 g/mol. The molecule has 0 bridgehead atoms. The third-order valence-corrected chi connectivity index (χ3v) is 2.71. The molecule has 1 aromatic rings. The molecule has 0 saturated carbocycles. The van der Waals surface area contributed by atoms with Crippen LogP contribution in [0.3, 0.4) is 0 Å². The van der Waals surface area contributed by atoms with Gasteiger partial charge in [-0.15, -0.1) is 0 Å². The van der Waals surface area contributed by atoms with Crippen molar-refractivity contribution in [3.8, 4) is 11.8 Å². The molecule has 0 saturated heterocycles. The van der Waals surface area contributed by atoms with Gasteiger partial charge in [0.1, 0.15) is 24.0 Å². The second kappa shape index (κ2) is 6.80. The highest BCUT2D eigenvalue weighted by Gasteiger charge is 2.21. The fourth-order valence-corrected chi connectivity index (χ4v) is 1.75. The quantitative estimate of drug-likeness (QED) is 0.779. The van der Waals surface area contributed by atoms with Crippen molar-refractivity contribution < 1.29 is 9.53 Å². The minimum Gasteiger partial charge on any atom is -0.490 e. The van der Waals surface area contributed by atoms with Gasteiger partial charge in [-0.3, -0.25) is 4.79 Å². The van der Waals surface area contributed by atoms with Crippen LogP contribution in [-0.4, -0.2) is 18.1 Å². The zero-order valence-corrected chi connectivity index (χ0v) is 12.2. The van der Waals surface area contributed by atoms with Crippen LogP contribution in [0.2, 0.25) is 0 Å². The summed E-state index contributed by atoms with van der Waals surface area (Å²) < 4.78 is 5.64. The van der Waals surface area contributed by atoms with Gasteiger partial charge in [0.2, 0.25) is 5.91 Å². The summed E-state index contributed by atoms with van der Waals surface area (Å²) in [5.41, 5.74) is 5.92. The molecule has 5 heteroatoms. The summed E-state index contributed by atoms with van der Waals surface area (Å²) in [5.74, 6) is 0.430. The number of rotatable bonds is 6. The van der Waals surface area contributed by atoms with Gasteiger partial charge in [-0.25, -0.2) is 0 Å². The highest BCUT2D eigenvalue weighted by atomic mass is 16.5. The number of carbonyl (C=O) groups is 1. The molecule has 5 nitrogen and oxygen atoms in total. The van der Waals surface area contributed by atoms with E-state index in [1.54, 1.807) is 18.2 Å². The van der Waals surface area contributed by atoms with Crippen molar-refractivity contribution in [1.29, 1.82) is 5.26 Å². The zero-order chi connectivity index (χ0) is 15.2. The van der Waals surface area contributed by atoms with E-state index in [1.165, 1.54) is 0 Å². The van der Waals surface area contributed by atoms with Gasteiger partial charge in [0.15, 0.2) is 0 Å². The first-order valence-electron chi connectivity index (χ1n) is 6.62. The molecule has 0 fully saturated rings. The summed E-state index contributed by atoms with van der Waals surface area (Å²) in [5, 5.41) is 12.0. The first-order chi connectivity index (χ1) is 9.39. The molecule has 1 aromatic carbocycles. The molecule has 0 aliphatic carbocycles. The maximum atomic E-state index is 11.6. The normalized spacial score (nSPS) is 10.7. The van der Waals surface area contributed by atoms with E-state index in [0.717, 1.165) is 6.42 Å². The smallest absolute Gasteiger partial charge is 0.220 e.